The lowest BCUT2D eigenvalue weighted by Gasteiger charge is -2.06. The summed E-state index contributed by atoms with van der Waals surface area (Å²) >= 11 is 0. The Labute approximate surface area is 162 Å². The van der Waals surface area contributed by atoms with Crippen molar-refractivity contribution in [1.82, 2.24) is 9.97 Å². The predicted octanol–water partition coefficient (Wildman–Crippen LogP) is 4.62. The summed E-state index contributed by atoms with van der Waals surface area (Å²) in [7, 11) is 0. The van der Waals surface area contributed by atoms with Crippen molar-refractivity contribution in [2.24, 2.45) is 0 Å². The third-order valence-electron chi connectivity index (χ3n) is 4.15. The van der Waals surface area contributed by atoms with Crippen LogP contribution in [0.2, 0.25) is 0 Å². The first-order valence-electron chi connectivity index (χ1n) is 8.72. The van der Waals surface area contributed by atoms with Crippen LogP contribution in [0.3, 0.4) is 0 Å². The lowest BCUT2D eigenvalue weighted by molar-refractivity contribution is 0.475. The Morgan fingerprint density at radius 3 is 2.21 bits per heavy atom. The standard InChI is InChI=1S/C24H16N2O2/c27-19-6-3-5-17(15-19)11-12-18-13-14-22(25-16-18)23-9-4-8-21(26-23)20-7-1-2-10-24(20)28/h1-10,13-16,27-28H. The molecule has 0 saturated heterocycles. The molecule has 0 amide bonds. The van der Waals surface area contributed by atoms with Gasteiger partial charge in [-0.1, -0.05) is 36.1 Å². The van der Waals surface area contributed by atoms with Gasteiger partial charge in [-0.25, -0.2) is 4.98 Å². The summed E-state index contributed by atoms with van der Waals surface area (Å²) in [5, 5.41) is 19.5. The Hall–Kier alpha value is -4.10. The van der Waals surface area contributed by atoms with Crippen LogP contribution in [0.15, 0.2) is 85.1 Å². The van der Waals surface area contributed by atoms with E-state index in [1.807, 2.05) is 48.5 Å². The van der Waals surface area contributed by atoms with Crippen LogP contribution in [0.25, 0.3) is 22.6 Å². The molecule has 0 spiro atoms. The zero-order chi connectivity index (χ0) is 19.3. The number of phenols is 2. The van der Waals surface area contributed by atoms with Gasteiger partial charge in [0, 0.05) is 22.9 Å². The number of para-hydroxylation sites is 1. The Bertz CT molecular complexity index is 1190. The van der Waals surface area contributed by atoms with Crippen LogP contribution in [-0.2, 0) is 0 Å². The van der Waals surface area contributed by atoms with E-state index < -0.39 is 0 Å². The lowest BCUT2D eigenvalue weighted by Crippen LogP contribution is -1.91. The van der Waals surface area contributed by atoms with Crippen molar-refractivity contribution in [3.8, 4) is 46.0 Å². The van der Waals surface area contributed by atoms with E-state index in [4.69, 9.17) is 0 Å². The third-order valence-corrected chi connectivity index (χ3v) is 4.15. The van der Waals surface area contributed by atoms with Gasteiger partial charge in [0.1, 0.15) is 11.5 Å². The summed E-state index contributed by atoms with van der Waals surface area (Å²) in [5.74, 6) is 6.42. The molecule has 4 aromatic rings. The maximum absolute atomic E-state index is 10.0. The number of rotatable bonds is 2. The number of hydrogen-bond acceptors (Lipinski definition) is 4. The highest BCUT2D eigenvalue weighted by Crippen LogP contribution is 2.28. The molecule has 0 saturated carbocycles. The topological polar surface area (TPSA) is 66.2 Å². The Morgan fingerprint density at radius 1 is 0.643 bits per heavy atom. The molecule has 4 rings (SSSR count). The first kappa shape index (κ1) is 17.3. The van der Waals surface area contributed by atoms with Crippen molar-refractivity contribution in [2.45, 2.75) is 0 Å². The molecule has 4 nitrogen and oxygen atoms in total. The molecular weight excluding hydrogens is 348 g/mol. The van der Waals surface area contributed by atoms with E-state index in [2.05, 4.69) is 21.8 Å². The van der Waals surface area contributed by atoms with Gasteiger partial charge < -0.3 is 10.2 Å². The monoisotopic (exact) mass is 364 g/mol. The molecule has 0 aliphatic carbocycles. The highest BCUT2D eigenvalue weighted by Gasteiger charge is 2.07. The van der Waals surface area contributed by atoms with Gasteiger partial charge in [0.2, 0.25) is 0 Å². The molecule has 0 bridgehead atoms. The molecule has 0 atom stereocenters. The van der Waals surface area contributed by atoms with Gasteiger partial charge in [-0.05, 0) is 54.6 Å². The number of phenolic OH excluding ortho intramolecular Hbond substituents is 2. The molecule has 2 aromatic heterocycles. The van der Waals surface area contributed by atoms with Gasteiger partial charge in [-0.3, -0.25) is 4.98 Å². The van der Waals surface area contributed by atoms with E-state index in [1.54, 1.807) is 36.5 Å². The third kappa shape index (κ3) is 3.84. The Morgan fingerprint density at radius 2 is 1.43 bits per heavy atom. The van der Waals surface area contributed by atoms with Gasteiger partial charge in [0.05, 0.1) is 17.1 Å². The minimum absolute atomic E-state index is 0.190. The summed E-state index contributed by atoms with van der Waals surface area (Å²) in [6.45, 7) is 0. The van der Waals surface area contributed by atoms with Crippen molar-refractivity contribution < 1.29 is 10.2 Å². The number of hydrogen-bond donors (Lipinski definition) is 2. The smallest absolute Gasteiger partial charge is 0.124 e. The van der Waals surface area contributed by atoms with Crippen LogP contribution in [0.1, 0.15) is 11.1 Å². The fourth-order valence-electron chi connectivity index (χ4n) is 2.76. The van der Waals surface area contributed by atoms with E-state index in [0.29, 0.717) is 17.0 Å². The second-order valence-electron chi connectivity index (χ2n) is 6.16. The van der Waals surface area contributed by atoms with Crippen molar-refractivity contribution in [2.75, 3.05) is 0 Å². The Kier molecular flexibility index (Phi) is 4.73. The fraction of sp³-hybridized carbons (Fsp3) is 0. The van der Waals surface area contributed by atoms with Crippen LogP contribution >= 0.6 is 0 Å². The van der Waals surface area contributed by atoms with Gasteiger partial charge in [0.15, 0.2) is 0 Å². The summed E-state index contributed by atoms with van der Waals surface area (Å²) in [4.78, 5) is 9.08. The minimum Gasteiger partial charge on any atom is -0.508 e. The second-order valence-corrected chi connectivity index (χ2v) is 6.16. The van der Waals surface area contributed by atoms with Crippen molar-refractivity contribution in [1.29, 1.82) is 0 Å². The first-order chi connectivity index (χ1) is 13.7. The number of pyridine rings is 2. The minimum atomic E-state index is 0.190. The number of aromatic hydroxyl groups is 2. The normalized spacial score (nSPS) is 10.1. The molecule has 28 heavy (non-hydrogen) atoms. The molecule has 0 fully saturated rings. The van der Waals surface area contributed by atoms with Crippen molar-refractivity contribution in [3.63, 3.8) is 0 Å². The van der Waals surface area contributed by atoms with E-state index in [-0.39, 0.29) is 11.5 Å². The van der Waals surface area contributed by atoms with Crippen molar-refractivity contribution >= 4 is 0 Å². The molecule has 4 heteroatoms. The van der Waals surface area contributed by atoms with Crippen LogP contribution < -0.4 is 0 Å². The van der Waals surface area contributed by atoms with Crippen LogP contribution in [0.4, 0.5) is 0 Å². The lowest BCUT2D eigenvalue weighted by atomic mass is 10.1. The average Bonchev–Trinajstić information content (AvgIpc) is 2.73. The van der Waals surface area contributed by atoms with E-state index in [1.165, 1.54) is 0 Å². The van der Waals surface area contributed by atoms with Gasteiger partial charge in [0.25, 0.3) is 0 Å². The van der Waals surface area contributed by atoms with Crippen molar-refractivity contribution in [3.05, 3.63) is 96.2 Å². The predicted molar refractivity (Wildman–Crippen MR) is 109 cm³/mol. The maximum atomic E-state index is 10.0. The van der Waals surface area contributed by atoms with Gasteiger partial charge in [-0.2, -0.15) is 0 Å². The van der Waals surface area contributed by atoms with Crippen LogP contribution in [-0.4, -0.2) is 20.2 Å². The molecule has 0 aliphatic heterocycles. The largest absolute Gasteiger partial charge is 0.508 e. The molecule has 0 unspecified atom stereocenters. The zero-order valence-corrected chi connectivity index (χ0v) is 14.9. The zero-order valence-electron chi connectivity index (χ0n) is 14.9. The molecule has 0 radical (unpaired) electrons. The molecule has 2 N–H and O–H groups in total. The summed E-state index contributed by atoms with van der Waals surface area (Å²) in [5.41, 5.74) is 4.31. The molecular formula is C24H16N2O2. The highest BCUT2D eigenvalue weighted by atomic mass is 16.3. The molecule has 2 heterocycles. The number of nitrogens with zero attached hydrogens (tertiary/aromatic N) is 2. The molecule has 2 aromatic carbocycles. The van der Waals surface area contributed by atoms with Crippen LogP contribution in [0, 0.1) is 11.8 Å². The van der Waals surface area contributed by atoms with Gasteiger partial charge in [-0.15, -0.1) is 0 Å². The molecule has 0 aliphatic rings. The summed E-state index contributed by atoms with van der Waals surface area (Å²) in [6.07, 6.45) is 1.69. The summed E-state index contributed by atoms with van der Waals surface area (Å²) in [6, 6.07) is 23.3. The average molecular weight is 364 g/mol. The fourth-order valence-corrected chi connectivity index (χ4v) is 2.76. The molecule has 134 valence electrons. The summed E-state index contributed by atoms with van der Waals surface area (Å²) < 4.78 is 0. The van der Waals surface area contributed by atoms with E-state index in [9.17, 15) is 10.2 Å². The SMILES string of the molecule is Oc1cccc(C#Cc2ccc(-c3cccc(-c4ccccc4O)n3)nc2)c1. The maximum Gasteiger partial charge on any atom is 0.124 e. The second kappa shape index (κ2) is 7.65. The van der Waals surface area contributed by atoms with Crippen LogP contribution in [0.5, 0.6) is 11.5 Å². The number of aromatic nitrogens is 2. The van der Waals surface area contributed by atoms with E-state index >= 15 is 0 Å². The van der Waals surface area contributed by atoms with E-state index in [0.717, 1.165) is 16.8 Å². The quantitative estimate of drug-likeness (QED) is 0.509. The first-order valence-corrected chi connectivity index (χ1v) is 8.72. The van der Waals surface area contributed by atoms with Gasteiger partial charge >= 0.3 is 0 Å². The Balaban J connectivity index is 1.60. The number of benzene rings is 2. The highest BCUT2D eigenvalue weighted by molar-refractivity contribution is 5.69.